The first-order valence-electron chi connectivity index (χ1n) is 41.5. The van der Waals surface area contributed by atoms with Gasteiger partial charge in [-0.2, -0.15) is 105 Å². The minimum Gasteiger partial charge on any atom is -0.460 e. The SMILES string of the molecule is C=C(C)C(=O)OC1C2CC3(C(=O)OC(CC(C)(C)OCC(C)(O)C(F)(F)F)C(C)(C)OCC(O)(C(F)(F)F)C(F)(F)F)C(=O)OC1C3O2.C=C(C)C(=O)OC1C2OC(=O)C3C2OC1C3C(=O)OC(CC(C)(C)OCC(C)(O)C(F)(F)F)C(C)(C)OCC(O)(C(F)(F)F)C(F)(F)F.C=C(C)C(=O)OCC(=O)OC1CC2CC1C(C(C)(C)OCC(C)(O)C(F)(F)F)C2C(C)(C)OCC(C)(O)C(F)(F)F. The van der Waals surface area contributed by atoms with E-state index in [-0.39, 0.29) is 29.1 Å². The second-order valence-corrected chi connectivity index (χ2v) is 39.5. The molecule has 6 bridgehead atoms. The van der Waals surface area contributed by atoms with Crippen molar-refractivity contribution in [2.45, 2.75) is 347 Å². The molecule has 0 spiro atoms. The van der Waals surface area contributed by atoms with Gasteiger partial charge in [-0.1, -0.05) is 19.7 Å². The van der Waals surface area contributed by atoms with Crippen LogP contribution in [-0.4, -0.2) is 308 Å². The summed E-state index contributed by atoms with van der Waals surface area (Å²) in [6.45, 7) is 19.5. The Labute approximate surface area is 766 Å². The fourth-order valence-electron chi connectivity index (χ4n) is 16.3. The molecule has 8 rings (SSSR count). The molecule has 790 valence electrons. The monoisotopic (exact) mass is 2040 g/mol. The number of rotatable bonds is 38. The van der Waals surface area contributed by atoms with Crippen LogP contribution in [0.15, 0.2) is 36.5 Å². The molecule has 8 fully saturated rings. The van der Waals surface area contributed by atoms with E-state index >= 15 is 0 Å². The highest BCUT2D eigenvalue weighted by molar-refractivity contribution is 6.04. The summed E-state index contributed by atoms with van der Waals surface area (Å²) in [6, 6.07) is 0. The number of carbonyl (C=O) groups is 8. The summed E-state index contributed by atoms with van der Waals surface area (Å²) in [5.41, 5.74) is -37.5. The quantitative estimate of drug-likeness (QED) is 0.0110. The number of esters is 8. The lowest BCUT2D eigenvalue weighted by Gasteiger charge is -2.50. The largest absolute Gasteiger partial charge is 0.460 e. The second-order valence-electron chi connectivity index (χ2n) is 39.5. The van der Waals surface area contributed by atoms with Crippen LogP contribution in [0.1, 0.15) is 164 Å². The average molecular weight is 2040 g/mol. The molecule has 0 radical (unpaired) electrons. The van der Waals surface area contributed by atoms with Crippen molar-refractivity contribution in [3.05, 3.63) is 36.5 Å². The van der Waals surface area contributed by atoms with Crippen LogP contribution >= 0.6 is 0 Å². The van der Waals surface area contributed by atoms with E-state index in [1.54, 1.807) is 0 Å². The van der Waals surface area contributed by atoms with Gasteiger partial charge in [0.05, 0.1) is 73.2 Å². The van der Waals surface area contributed by atoms with E-state index in [0.29, 0.717) is 34.1 Å². The Hall–Kier alpha value is -7.26. The highest BCUT2D eigenvalue weighted by Gasteiger charge is 2.79. The van der Waals surface area contributed by atoms with Crippen LogP contribution in [0.5, 0.6) is 0 Å². The maximum atomic E-state index is 13.8. The molecule has 0 aromatic rings. The number of alkyl halides is 24. The predicted molar refractivity (Wildman–Crippen MR) is 409 cm³/mol. The third-order valence-electron chi connectivity index (χ3n) is 25.1. The number of aliphatic hydroxyl groups is 6. The summed E-state index contributed by atoms with van der Waals surface area (Å²) in [6.07, 6.45) is -61.6. The van der Waals surface area contributed by atoms with Gasteiger partial charge in [-0.3, -0.25) is 19.2 Å². The van der Waals surface area contributed by atoms with Crippen LogP contribution in [0.25, 0.3) is 0 Å². The minimum absolute atomic E-state index is 0.0117. The van der Waals surface area contributed by atoms with E-state index in [1.165, 1.54) is 48.5 Å². The van der Waals surface area contributed by atoms with Crippen LogP contribution < -0.4 is 0 Å². The maximum absolute atomic E-state index is 13.8. The average Bonchev–Trinajstić information content (AvgIpc) is 1.49. The molecular weight excluding hydrogens is 1930 g/mol. The van der Waals surface area contributed by atoms with E-state index < -0.39 is 332 Å². The zero-order valence-electron chi connectivity index (χ0n) is 77.0. The summed E-state index contributed by atoms with van der Waals surface area (Å²) < 4.78 is 405. The summed E-state index contributed by atoms with van der Waals surface area (Å²) >= 11 is 0. The van der Waals surface area contributed by atoms with Gasteiger partial charge >= 0.3 is 97.2 Å². The third-order valence-corrected chi connectivity index (χ3v) is 25.1. The molecular formula is C83H110F24O30. The number of fused-ring (bicyclic) bond motifs is 4. The van der Waals surface area contributed by atoms with Crippen LogP contribution in [-0.2, 0) is 114 Å². The Bertz CT molecular complexity index is 4370. The molecule has 22 unspecified atom stereocenters. The van der Waals surface area contributed by atoms with Gasteiger partial charge in [0, 0.05) is 41.9 Å². The maximum Gasteiger partial charge on any atom is 0.428 e. The number of hydrogen-bond donors (Lipinski definition) is 6. The molecule has 0 aromatic carbocycles. The van der Waals surface area contributed by atoms with Crippen molar-refractivity contribution in [2.24, 2.45) is 40.9 Å². The normalized spacial score (nSPS) is 28.1. The van der Waals surface area contributed by atoms with Crippen molar-refractivity contribution < 1.29 is 250 Å². The van der Waals surface area contributed by atoms with E-state index in [2.05, 4.69) is 19.7 Å². The fourth-order valence-corrected chi connectivity index (χ4v) is 16.3. The Morgan fingerprint density at radius 3 is 1.18 bits per heavy atom. The number of halogens is 24. The highest BCUT2D eigenvalue weighted by atomic mass is 19.4. The van der Waals surface area contributed by atoms with E-state index in [0.717, 1.165) is 55.4 Å². The first-order valence-corrected chi connectivity index (χ1v) is 41.5. The van der Waals surface area contributed by atoms with Crippen molar-refractivity contribution in [3.63, 3.8) is 0 Å². The van der Waals surface area contributed by atoms with Gasteiger partial charge in [-0.05, 0) is 162 Å². The van der Waals surface area contributed by atoms with Gasteiger partial charge < -0.3 is 106 Å². The standard InChI is InChI=1S/2C28H35F9O11.C27H40F6O8/c1-12(2)18(38)47-15-13-8-24(17(45-13)16(15)48-20(24)40)19(39)46-14(9-21(3,4)43-10-23(7,41)26(29,30)31)22(5,6)44-11-25(42,27(32,33)34)28(35,36)37;1-11(2)19(38)47-17-15-13(14-16(46-15)18(17)48-21(14)40)20(39)45-12(8-22(3,4)43-9-24(7,41)26(29,30)31)23(5,6)44-10-25(42,27(32,33)34)28(35,36)37;1-14(2)21(35)38-11-18(34)41-17-10-15-9-16(17)20(23(5,6)40-13-25(8,37)27(31,32)33)19(15)22(3,4)39-12-24(7,36)26(28,29)30/h13-17,41-42H,1,8-11H2,2-7H3;12-18,41-42H,1,8-10H2,2-7H3;15-17,19-20,36-37H,1,9-13H2,2-8H3. The summed E-state index contributed by atoms with van der Waals surface area (Å²) in [7, 11) is 0. The molecule has 30 nitrogen and oxygen atoms in total. The molecule has 22 atom stereocenters. The summed E-state index contributed by atoms with van der Waals surface area (Å²) in [5.74, 6) is -13.5. The van der Waals surface area contributed by atoms with Gasteiger partial charge in [0.2, 0.25) is 0 Å². The van der Waals surface area contributed by atoms with Gasteiger partial charge in [0.1, 0.15) is 54.6 Å². The van der Waals surface area contributed by atoms with Crippen LogP contribution in [0.2, 0.25) is 0 Å². The molecule has 6 N–H and O–H groups in total. The first-order chi connectivity index (χ1) is 60.9. The Kier molecular flexibility index (Phi) is 34.1. The number of carbonyl (C=O) groups excluding carboxylic acids is 8. The number of ether oxygens (including phenoxy) is 16. The zero-order chi connectivity index (χ0) is 106. The molecule has 6 heterocycles. The molecule has 137 heavy (non-hydrogen) atoms. The fraction of sp³-hybridized carbons (Fsp3) is 0.831. The lowest BCUT2D eigenvalue weighted by molar-refractivity contribution is -0.384. The minimum atomic E-state index is -6.30. The lowest BCUT2D eigenvalue weighted by atomic mass is 9.64. The van der Waals surface area contributed by atoms with Crippen LogP contribution in [0.3, 0.4) is 0 Å². The van der Waals surface area contributed by atoms with Crippen molar-refractivity contribution in [1.82, 2.24) is 0 Å². The van der Waals surface area contributed by atoms with Gasteiger partial charge in [0.25, 0.3) is 11.2 Å². The van der Waals surface area contributed by atoms with Crippen molar-refractivity contribution in [2.75, 3.05) is 46.2 Å². The van der Waals surface area contributed by atoms with Crippen LogP contribution in [0, 0.1) is 40.9 Å². The Morgan fingerprint density at radius 1 is 0.423 bits per heavy atom. The van der Waals surface area contributed by atoms with Crippen molar-refractivity contribution in [3.8, 4) is 0 Å². The molecule has 2 saturated carbocycles. The third kappa shape index (κ3) is 25.5. The Balaban J connectivity index is 0.000000317. The molecule has 8 aliphatic rings. The zero-order valence-corrected chi connectivity index (χ0v) is 77.0. The summed E-state index contributed by atoms with van der Waals surface area (Å²) in [5, 5.41) is 58.7. The first kappa shape index (κ1) is 118. The summed E-state index contributed by atoms with van der Waals surface area (Å²) in [4.78, 5) is 102. The highest BCUT2D eigenvalue weighted by Crippen LogP contribution is 2.63. The van der Waals surface area contributed by atoms with Gasteiger partial charge in [-0.15, -0.1) is 0 Å². The lowest BCUT2D eigenvalue weighted by Crippen LogP contribution is -2.62. The van der Waals surface area contributed by atoms with Crippen molar-refractivity contribution >= 4 is 47.8 Å². The molecule has 0 aromatic heterocycles. The topological polar surface area (TPSA) is 406 Å². The molecule has 6 saturated heterocycles. The van der Waals surface area contributed by atoms with E-state index in [1.807, 2.05) is 0 Å². The van der Waals surface area contributed by atoms with Gasteiger partial charge in [-0.25, -0.2) is 19.2 Å². The second kappa shape index (κ2) is 39.5. The number of hydrogen-bond acceptors (Lipinski definition) is 30. The predicted octanol–water partition coefficient (Wildman–Crippen LogP) is 11.6. The Morgan fingerprint density at radius 2 is 0.796 bits per heavy atom. The van der Waals surface area contributed by atoms with Crippen molar-refractivity contribution in [1.29, 1.82) is 0 Å². The van der Waals surface area contributed by atoms with Gasteiger partial charge in [0.15, 0.2) is 58.8 Å². The molecule has 2 aliphatic carbocycles. The molecule has 6 aliphatic heterocycles. The van der Waals surface area contributed by atoms with E-state index in [4.69, 9.17) is 75.8 Å². The van der Waals surface area contributed by atoms with E-state index in [9.17, 15) is 174 Å². The molecule has 54 heteroatoms. The molecule has 0 amide bonds. The van der Waals surface area contributed by atoms with Crippen LogP contribution in [0.4, 0.5) is 105 Å². The smallest absolute Gasteiger partial charge is 0.428 e.